The SMILES string of the molecule is CCN1C(=O)/C(=C/c2ccc(OCc3ccccc3Cl)cc2)S/C1=N/c1nc(C)cs1. The first-order valence-corrected chi connectivity index (χ1v) is 11.8. The first-order valence-electron chi connectivity index (χ1n) is 9.72. The maximum Gasteiger partial charge on any atom is 0.266 e. The van der Waals surface area contributed by atoms with Crippen LogP contribution >= 0.6 is 34.7 Å². The van der Waals surface area contributed by atoms with E-state index < -0.39 is 0 Å². The lowest BCUT2D eigenvalue weighted by atomic mass is 10.2. The molecule has 2 aromatic carbocycles. The second kappa shape index (κ2) is 9.68. The number of halogens is 1. The minimum Gasteiger partial charge on any atom is -0.489 e. The Morgan fingerprint density at radius 3 is 2.65 bits per heavy atom. The molecule has 0 radical (unpaired) electrons. The first-order chi connectivity index (χ1) is 15.0. The Labute approximate surface area is 194 Å². The highest BCUT2D eigenvalue weighted by molar-refractivity contribution is 8.18. The summed E-state index contributed by atoms with van der Waals surface area (Å²) in [5, 5.41) is 3.95. The average Bonchev–Trinajstić information content (AvgIpc) is 3.31. The lowest BCUT2D eigenvalue weighted by Gasteiger charge is -2.11. The summed E-state index contributed by atoms with van der Waals surface area (Å²) in [6.07, 6.45) is 1.88. The van der Waals surface area contributed by atoms with Gasteiger partial charge in [-0.05, 0) is 55.4 Å². The van der Waals surface area contributed by atoms with Crippen LogP contribution in [0.5, 0.6) is 5.75 Å². The molecule has 1 aromatic heterocycles. The molecule has 0 N–H and O–H groups in total. The summed E-state index contributed by atoms with van der Waals surface area (Å²) in [6.45, 7) is 4.82. The predicted molar refractivity (Wildman–Crippen MR) is 129 cm³/mol. The highest BCUT2D eigenvalue weighted by atomic mass is 35.5. The number of aromatic nitrogens is 1. The molecule has 3 aromatic rings. The zero-order valence-corrected chi connectivity index (χ0v) is 19.4. The number of thioether (sulfide) groups is 1. The van der Waals surface area contributed by atoms with Gasteiger partial charge in [-0.2, -0.15) is 4.99 Å². The number of amidine groups is 1. The van der Waals surface area contributed by atoms with Crippen molar-refractivity contribution < 1.29 is 9.53 Å². The zero-order valence-electron chi connectivity index (χ0n) is 17.0. The number of benzene rings is 2. The molecular weight excluding hydrogens is 450 g/mol. The van der Waals surface area contributed by atoms with Crippen LogP contribution in [0, 0.1) is 6.92 Å². The summed E-state index contributed by atoms with van der Waals surface area (Å²) < 4.78 is 5.83. The van der Waals surface area contributed by atoms with Crippen LogP contribution in [-0.4, -0.2) is 27.5 Å². The van der Waals surface area contributed by atoms with E-state index in [1.807, 2.05) is 73.8 Å². The number of aliphatic imine (C=N–C) groups is 1. The van der Waals surface area contributed by atoms with E-state index in [1.54, 1.807) is 4.90 Å². The predicted octanol–water partition coefficient (Wildman–Crippen LogP) is 6.31. The molecule has 0 atom stereocenters. The highest BCUT2D eigenvalue weighted by Gasteiger charge is 2.32. The minimum atomic E-state index is -0.0430. The van der Waals surface area contributed by atoms with Crippen LogP contribution in [0.15, 0.2) is 63.8 Å². The van der Waals surface area contributed by atoms with Gasteiger partial charge in [-0.1, -0.05) is 41.9 Å². The first kappa shape index (κ1) is 21.6. The highest BCUT2D eigenvalue weighted by Crippen LogP contribution is 2.34. The van der Waals surface area contributed by atoms with Crippen molar-refractivity contribution in [1.82, 2.24) is 9.88 Å². The Morgan fingerprint density at radius 2 is 1.97 bits per heavy atom. The third-order valence-electron chi connectivity index (χ3n) is 4.53. The molecule has 2 heterocycles. The molecule has 1 fully saturated rings. The Morgan fingerprint density at radius 1 is 1.19 bits per heavy atom. The van der Waals surface area contributed by atoms with Crippen molar-refractivity contribution in [1.29, 1.82) is 0 Å². The minimum absolute atomic E-state index is 0.0430. The number of rotatable bonds is 6. The van der Waals surface area contributed by atoms with E-state index in [9.17, 15) is 4.79 Å². The van der Waals surface area contributed by atoms with E-state index in [2.05, 4.69) is 9.98 Å². The number of ether oxygens (including phenoxy) is 1. The van der Waals surface area contributed by atoms with Gasteiger partial charge in [-0.15, -0.1) is 11.3 Å². The number of hydrogen-bond donors (Lipinski definition) is 0. The molecule has 158 valence electrons. The third kappa shape index (κ3) is 5.18. The molecule has 0 unspecified atom stereocenters. The van der Waals surface area contributed by atoms with Crippen molar-refractivity contribution in [2.75, 3.05) is 6.54 Å². The molecule has 1 amide bonds. The number of aryl methyl sites for hydroxylation is 1. The molecule has 5 nitrogen and oxygen atoms in total. The number of amides is 1. The Bertz CT molecular complexity index is 1160. The van der Waals surface area contributed by atoms with Gasteiger partial charge in [0.15, 0.2) is 5.17 Å². The summed E-state index contributed by atoms with van der Waals surface area (Å²) in [5.74, 6) is 0.697. The van der Waals surface area contributed by atoms with Crippen LogP contribution in [0.2, 0.25) is 5.02 Å². The maximum atomic E-state index is 12.8. The van der Waals surface area contributed by atoms with Gasteiger partial charge in [0.1, 0.15) is 12.4 Å². The zero-order chi connectivity index (χ0) is 21.8. The second-order valence-corrected chi connectivity index (χ2v) is 9.03. The fourth-order valence-electron chi connectivity index (χ4n) is 2.93. The van der Waals surface area contributed by atoms with Crippen LogP contribution in [0.1, 0.15) is 23.7 Å². The van der Waals surface area contributed by atoms with E-state index in [0.29, 0.717) is 33.4 Å². The van der Waals surface area contributed by atoms with Gasteiger partial charge < -0.3 is 4.74 Å². The van der Waals surface area contributed by atoms with Gasteiger partial charge in [0.2, 0.25) is 5.13 Å². The summed E-state index contributed by atoms with van der Waals surface area (Å²) in [7, 11) is 0. The summed E-state index contributed by atoms with van der Waals surface area (Å²) >= 11 is 9.01. The quantitative estimate of drug-likeness (QED) is 0.397. The number of hydrogen-bond acceptors (Lipinski definition) is 6. The van der Waals surface area contributed by atoms with Crippen molar-refractivity contribution in [2.45, 2.75) is 20.5 Å². The summed E-state index contributed by atoms with van der Waals surface area (Å²) in [6, 6.07) is 15.2. The number of carbonyl (C=O) groups is 1. The third-order valence-corrected chi connectivity index (χ3v) is 6.76. The molecule has 0 saturated carbocycles. The van der Waals surface area contributed by atoms with Crippen LogP contribution in [0.4, 0.5) is 5.13 Å². The molecule has 0 bridgehead atoms. The van der Waals surface area contributed by atoms with Gasteiger partial charge in [0, 0.05) is 22.5 Å². The summed E-state index contributed by atoms with van der Waals surface area (Å²) in [4.78, 5) is 24.1. The van der Waals surface area contributed by atoms with E-state index in [1.165, 1.54) is 23.1 Å². The van der Waals surface area contributed by atoms with Crippen LogP contribution in [0.25, 0.3) is 6.08 Å². The van der Waals surface area contributed by atoms with Crippen molar-refractivity contribution in [2.24, 2.45) is 4.99 Å². The number of thiazole rings is 1. The van der Waals surface area contributed by atoms with Crippen molar-refractivity contribution in [3.8, 4) is 5.75 Å². The molecule has 1 aliphatic rings. The number of carbonyl (C=O) groups excluding carboxylic acids is 1. The van der Waals surface area contributed by atoms with Crippen molar-refractivity contribution in [3.05, 3.63) is 80.7 Å². The fourth-order valence-corrected chi connectivity index (χ4v) is 4.89. The van der Waals surface area contributed by atoms with E-state index in [4.69, 9.17) is 16.3 Å². The molecule has 1 aliphatic heterocycles. The molecule has 4 rings (SSSR count). The molecule has 0 aliphatic carbocycles. The van der Waals surface area contributed by atoms with Gasteiger partial charge in [-0.3, -0.25) is 9.69 Å². The average molecular weight is 470 g/mol. The topological polar surface area (TPSA) is 54.8 Å². The van der Waals surface area contributed by atoms with Gasteiger partial charge in [0.25, 0.3) is 5.91 Å². The lowest BCUT2D eigenvalue weighted by Crippen LogP contribution is -2.28. The number of nitrogens with zero attached hydrogens (tertiary/aromatic N) is 3. The van der Waals surface area contributed by atoms with E-state index >= 15 is 0 Å². The molecule has 8 heteroatoms. The van der Waals surface area contributed by atoms with Crippen LogP contribution in [0.3, 0.4) is 0 Å². The largest absolute Gasteiger partial charge is 0.489 e. The molecule has 0 spiro atoms. The Kier molecular flexibility index (Phi) is 6.75. The lowest BCUT2D eigenvalue weighted by molar-refractivity contribution is -0.122. The normalized spacial score (nSPS) is 16.5. The van der Waals surface area contributed by atoms with Crippen molar-refractivity contribution in [3.63, 3.8) is 0 Å². The summed E-state index contributed by atoms with van der Waals surface area (Å²) in [5.41, 5.74) is 2.78. The monoisotopic (exact) mass is 469 g/mol. The Balaban J connectivity index is 1.47. The van der Waals surface area contributed by atoms with E-state index in [0.717, 1.165) is 22.6 Å². The second-order valence-electron chi connectivity index (χ2n) is 6.78. The Hall–Kier alpha value is -2.61. The van der Waals surface area contributed by atoms with Crippen molar-refractivity contribution >= 4 is 57.0 Å². The van der Waals surface area contributed by atoms with Gasteiger partial charge in [-0.25, -0.2) is 4.98 Å². The van der Waals surface area contributed by atoms with E-state index in [-0.39, 0.29) is 5.91 Å². The standard InChI is InChI=1S/C23H20ClN3O2S2/c1-3-27-21(28)20(31-23(27)26-22-25-15(2)14-30-22)12-16-8-10-18(11-9-16)29-13-17-6-4-5-7-19(17)24/h4-12,14H,3,13H2,1-2H3/b20-12-,26-23+. The van der Waals surface area contributed by atoms with Crippen LogP contribution < -0.4 is 4.74 Å². The van der Waals surface area contributed by atoms with Gasteiger partial charge >= 0.3 is 0 Å². The van der Waals surface area contributed by atoms with Crippen LogP contribution in [-0.2, 0) is 11.4 Å². The molecular formula is C23H20ClN3O2S2. The van der Waals surface area contributed by atoms with Gasteiger partial charge in [0.05, 0.1) is 10.6 Å². The number of likely N-dealkylation sites (N-methyl/N-ethyl adjacent to an activating group) is 1. The molecule has 31 heavy (non-hydrogen) atoms. The maximum absolute atomic E-state index is 12.8. The molecule has 1 saturated heterocycles. The smallest absolute Gasteiger partial charge is 0.266 e. The fraction of sp³-hybridized carbons (Fsp3) is 0.174.